The molecule has 0 aliphatic rings. The number of rotatable bonds is 5. The van der Waals surface area contributed by atoms with Crippen LogP contribution in [0.4, 0.5) is 0 Å². The number of hydrogen-bond donors (Lipinski definition) is 1. The third-order valence-corrected chi connectivity index (χ3v) is 3.92. The Hall–Kier alpha value is -1.53. The van der Waals surface area contributed by atoms with E-state index in [1.165, 1.54) is 18.0 Å². The van der Waals surface area contributed by atoms with Crippen LogP contribution in [0.3, 0.4) is 0 Å². The molecule has 0 aliphatic carbocycles. The normalized spacial score (nSPS) is 11.1. The van der Waals surface area contributed by atoms with Crippen molar-refractivity contribution in [3.05, 3.63) is 40.4 Å². The Kier molecular flexibility index (Phi) is 4.00. The molecule has 0 atom stereocenters. The average molecular weight is 267 g/mol. The van der Waals surface area contributed by atoms with E-state index < -0.39 is 5.97 Å². The van der Waals surface area contributed by atoms with E-state index in [1.807, 2.05) is 11.4 Å². The number of nitrogens with zero attached hydrogens (tertiary/aromatic N) is 1. The minimum atomic E-state index is -0.942. The maximum Gasteiger partial charge on any atom is 0.328 e. The van der Waals surface area contributed by atoms with E-state index >= 15 is 0 Å². The van der Waals surface area contributed by atoms with Gasteiger partial charge in [0.25, 0.3) is 5.22 Å². The van der Waals surface area contributed by atoms with Gasteiger partial charge in [-0.15, -0.1) is 11.3 Å². The Morgan fingerprint density at radius 3 is 3.24 bits per heavy atom. The van der Waals surface area contributed by atoms with Crippen molar-refractivity contribution in [2.75, 3.05) is 0 Å². The van der Waals surface area contributed by atoms with Gasteiger partial charge in [-0.3, -0.25) is 0 Å². The molecule has 4 nitrogen and oxygen atoms in total. The number of thiophene rings is 1. The molecular formula is C11H9NO3S2. The highest BCUT2D eigenvalue weighted by atomic mass is 32.2. The summed E-state index contributed by atoms with van der Waals surface area (Å²) in [7, 11) is 0. The molecule has 2 heterocycles. The Balaban J connectivity index is 2.01. The molecule has 0 aromatic carbocycles. The lowest BCUT2D eigenvalue weighted by Crippen LogP contribution is -1.86. The highest BCUT2D eigenvalue weighted by Gasteiger charge is 2.05. The lowest BCUT2D eigenvalue weighted by atomic mass is 10.2. The summed E-state index contributed by atoms with van der Waals surface area (Å²) < 4.78 is 5.11. The molecule has 0 saturated carbocycles. The topological polar surface area (TPSA) is 63.3 Å². The van der Waals surface area contributed by atoms with Crippen molar-refractivity contribution in [1.29, 1.82) is 0 Å². The molecule has 0 amide bonds. The molecule has 0 fully saturated rings. The number of thioether (sulfide) groups is 1. The maximum atomic E-state index is 10.4. The van der Waals surface area contributed by atoms with Crippen LogP contribution in [0.2, 0.25) is 0 Å². The summed E-state index contributed by atoms with van der Waals surface area (Å²) in [6, 6.07) is 1.90. The van der Waals surface area contributed by atoms with Crippen LogP contribution in [0, 0.1) is 0 Å². The number of carboxylic acids is 1. The van der Waals surface area contributed by atoms with Crippen LogP contribution in [0.25, 0.3) is 6.08 Å². The van der Waals surface area contributed by atoms with Gasteiger partial charge in [-0.05, 0) is 23.1 Å². The van der Waals surface area contributed by atoms with Crippen LogP contribution in [0.5, 0.6) is 0 Å². The van der Waals surface area contributed by atoms with Crippen molar-refractivity contribution in [2.24, 2.45) is 0 Å². The zero-order valence-corrected chi connectivity index (χ0v) is 10.3. The quantitative estimate of drug-likeness (QED) is 0.666. The van der Waals surface area contributed by atoms with Gasteiger partial charge in [0.15, 0.2) is 0 Å². The molecule has 6 heteroatoms. The van der Waals surface area contributed by atoms with Crippen molar-refractivity contribution in [1.82, 2.24) is 4.98 Å². The zero-order valence-electron chi connectivity index (χ0n) is 8.70. The van der Waals surface area contributed by atoms with Crippen LogP contribution in [-0.4, -0.2) is 16.1 Å². The fourth-order valence-electron chi connectivity index (χ4n) is 1.19. The Morgan fingerprint density at radius 1 is 1.65 bits per heavy atom. The molecular weight excluding hydrogens is 258 g/mol. The third-order valence-electron chi connectivity index (χ3n) is 1.92. The van der Waals surface area contributed by atoms with Crippen molar-refractivity contribution in [3.63, 3.8) is 0 Å². The standard InChI is InChI=1S/C11H9NO3S2/c13-10(14)2-1-8-3-6-16-9(8)7-17-11-12-4-5-15-11/h1-6H,7H2,(H,13,14)/b2-1+. The summed E-state index contributed by atoms with van der Waals surface area (Å²) in [6.45, 7) is 0. The summed E-state index contributed by atoms with van der Waals surface area (Å²) in [5, 5.41) is 11.1. The van der Waals surface area contributed by atoms with E-state index in [9.17, 15) is 4.79 Å². The molecule has 2 aromatic heterocycles. The van der Waals surface area contributed by atoms with Gasteiger partial charge in [0.1, 0.15) is 6.26 Å². The smallest absolute Gasteiger partial charge is 0.328 e. The van der Waals surface area contributed by atoms with Crippen LogP contribution >= 0.6 is 23.1 Å². The Bertz CT molecular complexity index is 517. The predicted molar refractivity (Wildman–Crippen MR) is 67.1 cm³/mol. The van der Waals surface area contributed by atoms with Gasteiger partial charge < -0.3 is 9.52 Å². The van der Waals surface area contributed by atoms with E-state index in [4.69, 9.17) is 9.52 Å². The van der Waals surface area contributed by atoms with Gasteiger partial charge in [0.2, 0.25) is 0 Å². The maximum absolute atomic E-state index is 10.4. The molecule has 2 aromatic rings. The van der Waals surface area contributed by atoms with Gasteiger partial charge in [-0.2, -0.15) is 0 Å². The predicted octanol–water partition coefficient (Wildman–Crippen LogP) is 3.13. The van der Waals surface area contributed by atoms with Crippen LogP contribution in [0.15, 0.2) is 39.6 Å². The number of oxazole rings is 1. The summed E-state index contributed by atoms with van der Waals surface area (Å²) in [5.74, 6) is -0.222. The molecule has 0 radical (unpaired) electrons. The van der Waals surface area contributed by atoms with Gasteiger partial charge in [-0.1, -0.05) is 11.8 Å². The van der Waals surface area contributed by atoms with Crippen LogP contribution in [0.1, 0.15) is 10.4 Å². The lowest BCUT2D eigenvalue weighted by molar-refractivity contribution is -0.131. The largest absolute Gasteiger partial charge is 0.478 e. The number of hydrogen-bond acceptors (Lipinski definition) is 5. The lowest BCUT2D eigenvalue weighted by Gasteiger charge is -1.96. The fourth-order valence-corrected chi connectivity index (χ4v) is 2.97. The van der Waals surface area contributed by atoms with Gasteiger partial charge in [-0.25, -0.2) is 9.78 Å². The molecule has 2 rings (SSSR count). The van der Waals surface area contributed by atoms with Crippen molar-refractivity contribution in [2.45, 2.75) is 11.0 Å². The summed E-state index contributed by atoms with van der Waals surface area (Å²) in [5.41, 5.74) is 0.927. The first-order valence-corrected chi connectivity index (χ1v) is 6.62. The molecule has 0 unspecified atom stereocenters. The SMILES string of the molecule is O=C(O)/C=C/c1ccsc1CSc1ncco1. The second-order valence-corrected chi connectivity index (χ2v) is 4.98. The molecule has 0 saturated heterocycles. The van der Waals surface area contributed by atoms with E-state index in [-0.39, 0.29) is 0 Å². The molecule has 1 N–H and O–H groups in total. The van der Waals surface area contributed by atoms with E-state index in [0.29, 0.717) is 5.22 Å². The fraction of sp³-hybridized carbons (Fsp3) is 0.0909. The average Bonchev–Trinajstić information content (AvgIpc) is 2.95. The van der Waals surface area contributed by atoms with Crippen molar-refractivity contribution in [3.8, 4) is 0 Å². The van der Waals surface area contributed by atoms with Crippen LogP contribution < -0.4 is 0 Å². The van der Waals surface area contributed by atoms with Crippen molar-refractivity contribution >= 4 is 35.1 Å². The van der Waals surface area contributed by atoms with Gasteiger partial charge >= 0.3 is 5.97 Å². The summed E-state index contributed by atoms with van der Waals surface area (Å²) in [6.07, 6.45) is 5.87. The van der Waals surface area contributed by atoms with E-state index in [0.717, 1.165) is 22.3 Å². The number of carboxylic acid groups (broad SMARTS) is 1. The van der Waals surface area contributed by atoms with Gasteiger partial charge in [0.05, 0.1) is 6.20 Å². The molecule has 17 heavy (non-hydrogen) atoms. The van der Waals surface area contributed by atoms with E-state index in [1.54, 1.807) is 23.6 Å². The first kappa shape index (κ1) is 11.9. The number of aliphatic carboxylic acids is 1. The monoisotopic (exact) mass is 267 g/mol. The Morgan fingerprint density at radius 2 is 2.53 bits per heavy atom. The van der Waals surface area contributed by atoms with Gasteiger partial charge in [0, 0.05) is 16.7 Å². The molecule has 0 bridgehead atoms. The number of carbonyl (C=O) groups is 1. The van der Waals surface area contributed by atoms with Crippen LogP contribution in [-0.2, 0) is 10.5 Å². The molecule has 0 aliphatic heterocycles. The summed E-state index contributed by atoms with van der Waals surface area (Å²) >= 11 is 3.07. The minimum absolute atomic E-state index is 0.617. The molecule has 88 valence electrons. The second kappa shape index (κ2) is 5.70. The minimum Gasteiger partial charge on any atom is -0.478 e. The Labute approximate surface area is 106 Å². The second-order valence-electron chi connectivity index (χ2n) is 3.06. The molecule has 0 spiro atoms. The first-order valence-electron chi connectivity index (χ1n) is 4.75. The summed E-state index contributed by atoms with van der Waals surface area (Å²) in [4.78, 5) is 15.5. The number of aromatic nitrogens is 1. The van der Waals surface area contributed by atoms with Crippen molar-refractivity contribution < 1.29 is 14.3 Å². The highest BCUT2D eigenvalue weighted by molar-refractivity contribution is 7.98. The highest BCUT2D eigenvalue weighted by Crippen LogP contribution is 2.27. The third kappa shape index (κ3) is 3.47. The zero-order chi connectivity index (χ0) is 12.1. The first-order chi connectivity index (χ1) is 8.25. The van der Waals surface area contributed by atoms with E-state index in [2.05, 4.69) is 4.98 Å².